The first-order valence-corrected chi connectivity index (χ1v) is 13.0. The number of carbonyl (C=O) groups excluding carboxylic acids is 1. The van der Waals surface area contributed by atoms with Gasteiger partial charge in [0.15, 0.2) is 5.16 Å². The Morgan fingerprint density at radius 1 is 1.06 bits per heavy atom. The van der Waals surface area contributed by atoms with Gasteiger partial charge in [0.25, 0.3) is 5.56 Å². The number of aromatic amines is 1. The molecule has 2 aromatic heterocycles. The minimum absolute atomic E-state index is 0.0183. The normalized spacial score (nSPS) is 14.1. The quantitative estimate of drug-likeness (QED) is 0.307. The fourth-order valence-electron chi connectivity index (χ4n) is 4.57. The maximum atomic E-state index is 14.1. The fourth-order valence-corrected chi connectivity index (χ4v) is 5.59. The minimum Gasteiger partial charge on any atom is -0.366 e. The lowest BCUT2D eigenvalue weighted by atomic mass is 10.1. The summed E-state index contributed by atoms with van der Waals surface area (Å²) in [5, 5.41) is 0.526. The van der Waals surface area contributed by atoms with Crippen molar-refractivity contribution in [1.82, 2.24) is 19.4 Å². The molecule has 0 aliphatic carbocycles. The lowest BCUT2D eigenvalue weighted by Gasteiger charge is -2.36. The summed E-state index contributed by atoms with van der Waals surface area (Å²) in [6.45, 7) is 6.05. The van der Waals surface area contributed by atoms with E-state index in [-0.39, 0.29) is 29.1 Å². The molecule has 0 atom stereocenters. The van der Waals surface area contributed by atoms with Crippen LogP contribution in [0.2, 0.25) is 0 Å². The number of H-pyrrole nitrogens is 1. The summed E-state index contributed by atoms with van der Waals surface area (Å²) >= 11 is 1.29. The van der Waals surface area contributed by atoms with Crippen LogP contribution in [-0.4, -0.2) is 57.3 Å². The molecule has 7 nitrogen and oxygen atoms in total. The molecule has 186 valence electrons. The molecule has 0 spiro atoms. The first-order chi connectivity index (χ1) is 17.4. The molecule has 2 aromatic carbocycles. The highest BCUT2D eigenvalue weighted by molar-refractivity contribution is 7.99. The molecule has 3 heterocycles. The maximum Gasteiger partial charge on any atom is 0.278 e. The lowest BCUT2D eigenvalue weighted by Crippen LogP contribution is -2.49. The standard InChI is InChI=1S/C27H28FN5O2S/c1-18(2)33-26(35)25-24(20(16-29-25)19-8-4-3-5-9-19)30-27(33)36-17-23(34)32-14-12-31(13-15-32)22-11-7-6-10-21(22)28/h3-11,16,18,29H,12-15,17H2,1-2H3. The zero-order valence-corrected chi connectivity index (χ0v) is 21.1. The zero-order valence-electron chi connectivity index (χ0n) is 20.3. The number of para-hydroxylation sites is 1. The van der Waals surface area contributed by atoms with E-state index in [4.69, 9.17) is 4.98 Å². The molecule has 1 amide bonds. The fraction of sp³-hybridized carbons (Fsp3) is 0.296. The molecule has 0 unspecified atom stereocenters. The lowest BCUT2D eigenvalue weighted by molar-refractivity contribution is -0.128. The van der Waals surface area contributed by atoms with Crippen LogP contribution >= 0.6 is 11.8 Å². The second-order valence-corrected chi connectivity index (χ2v) is 10.0. The Labute approximate surface area is 212 Å². The van der Waals surface area contributed by atoms with Crippen LogP contribution in [0.5, 0.6) is 0 Å². The Hall–Kier alpha value is -3.59. The zero-order chi connectivity index (χ0) is 25.2. The molecule has 4 aromatic rings. The first kappa shape index (κ1) is 24.1. The molecular weight excluding hydrogens is 477 g/mol. The second-order valence-electron chi connectivity index (χ2n) is 9.06. The van der Waals surface area contributed by atoms with Gasteiger partial charge in [-0.05, 0) is 31.5 Å². The third kappa shape index (κ3) is 4.63. The number of thioether (sulfide) groups is 1. The van der Waals surface area contributed by atoms with E-state index < -0.39 is 0 Å². The van der Waals surface area contributed by atoms with E-state index in [1.54, 1.807) is 21.6 Å². The number of hydrogen-bond donors (Lipinski definition) is 1. The third-order valence-electron chi connectivity index (χ3n) is 6.45. The van der Waals surface area contributed by atoms with Gasteiger partial charge in [-0.1, -0.05) is 54.2 Å². The van der Waals surface area contributed by atoms with Crippen LogP contribution in [0.1, 0.15) is 19.9 Å². The van der Waals surface area contributed by atoms with Gasteiger partial charge in [-0.3, -0.25) is 14.2 Å². The van der Waals surface area contributed by atoms with Crippen molar-refractivity contribution < 1.29 is 9.18 Å². The molecule has 0 bridgehead atoms. The van der Waals surface area contributed by atoms with Crippen LogP contribution in [0.25, 0.3) is 22.2 Å². The predicted molar refractivity (Wildman–Crippen MR) is 142 cm³/mol. The van der Waals surface area contributed by atoms with Gasteiger partial charge in [-0.15, -0.1) is 0 Å². The summed E-state index contributed by atoms with van der Waals surface area (Å²) in [5.74, 6) is -0.0918. The Morgan fingerprint density at radius 2 is 1.75 bits per heavy atom. The van der Waals surface area contributed by atoms with E-state index in [0.29, 0.717) is 48.1 Å². The van der Waals surface area contributed by atoms with Crippen molar-refractivity contribution in [2.75, 3.05) is 36.8 Å². The maximum absolute atomic E-state index is 14.1. The number of rotatable bonds is 6. The van der Waals surface area contributed by atoms with Gasteiger partial charge < -0.3 is 14.8 Å². The molecule has 5 rings (SSSR count). The average molecular weight is 506 g/mol. The van der Waals surface area contributed by atoms with Crippen molar-refractivity contribution in [1.29, 1.82) is 0 Å². The van der Waals surface area contributed by atoms with Crippen molar-refractivity contribution in [2.45, 2.75) is 25.0 Å². The van der Waals surface area contributed by atoms with Crippen molar-refractivity contribution in [3.05, 3.63) is 77.0 Å². The Bertz CT molecular complexity index is 1440. The molecule has 1 aliphatic rings. The van der Waals surface area contributed by atoms with Gasteiger partial charge in [0.05, 0.1) is 11.4 Å². The third-order valence-corrected chi connectivity index (χ3v) is 7.39. The number of nitrogens with zero attached hydrogens (tertiary/aromatic N) is 4. The molecular formula is C27H28FN5O2S. The largest absolute Gasteiger partial charge is 0.366 e. The summed E-state index contributed by atoms with van der Waals surface area (Å²) in [5.41, 5.74) is 3.32. The van der Waals surface area contributed by atoms with E-state index in [0.717, 1.165) is 11.1 Å². The summed E-state index contributed by atoms with van der Waals surface area (Å²) in [7, 11) is 0. The Balaban J connectivity index is 1.34. The van der Waals surface area contributed by atoms with Crippen molar-refractivity contribution in [3.63, 3.8) is 0 Å². The molecule has 36 heavy (non-hydrogen) atoms. The number of amides is 1. The molecule has 0 saturated carbocycles. The van der Waals surface area contributed by atoms with Crippen LogP contribution < -0.4 is 10.5 Å². The first-order valence-electron chi connectivity index (χ1n) is 12.0. The summed E-state index contributed by atoms with van der Waals surface area (Å²) in [4.78, 5) is 38.1. The highest BCUT2D eigenvalue weighted by Gasteiger charge is 2.24. The summed E-state index contributed by atoms with van der Waals surface area (Å²) < 4.78 is 15.8. The Kier molecular flexibility index (Phi) is 6.82. The number of nitrogens with one attached hydrogen (secondary N) is 1. The topological polar surface area (TPSA) is 74.2 Å². The van der Waals surface area contributed by atoms with Crippen LogP contribution in [-0.2, 0) is 4.79 Å². The van der Waals surface area contributed by atoms with Gasteiger partial charge >= 0.3 is 0 Å². The van der Waals surface area contributed by atoms with Crippen molar-refractivity contribution in [3.8, 4) is 11.1 Å². The number of hydrogen-bond acceptors (Lipinski definition) is 5. The molecule has 1 saturated heterocycles. The number of benzene rings is 2. The van der Waals surface area contributed by atoms with E-state index in [9.17, 15) is 14.0 Å². The number of fused-ring (bicyclic) bond motifs is 1. The molecule has 1 fully saturated rings. The Morgan fingerprint density at radius 3 is 2.44 bits per heavy atom. The number of aromatic nitrogens is 3. The van der Waals surface area contributed by atoms with Gasteiger partial charge in [0.1, 0.15) is 16.9 Å². The van der Waals surface area contributed by atoms with Crippen molar-refractivity contribution in [2.24, 2.45) is 0 Å². The second kappa shape index (κ2) is 10.2. The SMILES string of the molecule is CC(C)n1c(SCC(=O)N2CCN(c3ccccc3F)CC2)nc2c(-c3ccccc3)c[nH]c2c1=O. The van der Waals surface area contributed by atoms with Crippen LogP contribution in [0.15, 0.2) is 70.7 Å². The van der Waals surface area contributed by atoms with E-state index >= 15 is 0 Å². The van der Waals surface area contributed by atoms with E-state index in [1.807, 2.05) is 61.3 Å². The number of halogens is 1. The van der Waals surface area contributed by atoms with E-state index in [2.05, 4.69) is 4.98 Å². The molecule has 1 aliphatic heterocycles. The highest BCUT2D eigenvalue weighted by Crippen LogP contribution is 2.29. The van der Waals surface area contributed by atoms with Gasteiger partial charge in [-0.2, -0.15) is 0 Å². The van der Waals surface area contributed by atoms with Gasteiger partial charge in [0, 0.05) is 44.0 Å². The van der Waals surface area contributed by atoms with Crippen molar-refractivity contribution >= 4 is 34.4 Å². The average Bonchev–Trinajstić information content (AvgIpc) is 3.32. The molecule has 9 heteroatoms. The highest BCUT2D eigenvalue weighted by atomic mass is 32.2. The van der Waals surface area contributed by atoms with E-state index in [1.165, 1.54) is 17.8 Å². The van der Waals surface area contributed by atoms with Gasteiger partial charge in [0.2, 0.25) is 5.91 Å². The summed E-state index contributed by atoms with van der Waals surface area (Å²) in [6, 6.07) is 16.4. The van der Waals surface area contributed by atoms with Crippen LogP contribution in [0.4, 0.5) is 10.1 Å². The molecule has 0 radical (unpaired) electrons. The smallest absolute Gasteiger partial charge is 0.278 e. The van der Waals surface area contributed by atoms with Crippen LogP contribution in [0.3, 0.4) is 0 Å². The number of anilines is 1. The summed E-state index contributed by atoms with van der Waals surface area (Å²) in [6.07, 6.45) is 1.81. The molecule has 1 N–H and O–H groups in total. The van der Waals surface area contributed by atoms with Crippen LogP contribution in [0, 0.1) is 5.82 Å². The predicted octanol–water partition coefficient (Wildman–Crippen LogP) is 4.55. The van der Waals surface area contributed by atoms with Gasteiger partial charge in [-0.25, -0.2) is 9.37 Å². The number of piperazine rings is 1. The number of carbonyl (C=O) groups is 1. The minimum atomic E-state index is -0.249. The monoisotopic (exact) mass is 505 g/mol.